The fourth-order valence-electron chi connectivity index (χ4n) is 2.98. The van der Waals surface area contributed by atoms with Crippen LogP contribution in [-0.4, -0.2) is 34.9 Å². The van der Waals surface area contributed by atoms with Crippen molar-refractivity contribution >= 4 is 39.3 Å². The van der Waals surface area contributed by atoms with Crippen molar-refractivity contribution in [2.45, 2.75) is 58.7 Å². The summed E-state index contributed by atoms with van der Waals surface area (Å²) in [5.41, 5.74) is 0.581. The SMILES string of the molecule is CC(C(=O)NC(C)(C)C)N(Cc1cccc(Br)c1)C(=O)CCCOc1ccc(Cl)cc1. The molecule has 2 rings (SSSR count). The number of nitrogens with zero attached hydrogens (tertiary/aromatic N) is 1. The molecule has 0 spiro atoms. The molecule has 1 unspecified atom stereocenters. The average Bonchev–Trinajstić information content (AvgIpc) is 2.69. The highest BCUT2D eigenvalue weighted by molar-refractivity contribution is 9.10. The van der Waals surface area contributed by atoms with Gasteiger partial charge in [-0.25, -0.2) is 0 Å². The molecule has 2 amide bonds. The van der Waals surface area contributed by atoms with Crippen molar-refractivity contribution < 1.29 is 14.3 Å². The molecule has 168 valence electrons. The van der Waals surface area contributed by atoms with Crippen molar-refractivity contribution in [2.24, 2.45) is 0 Å². The molecule has 0 aliphatic carbocycles. The predicted molar refractivity (Wildman–Crippen MR) is 128 cm³/mol. The van der Waals surface area contributed by atoms with E-state index in [1.807, 2.05) is 45.0 Å². The molecular formula is C24H30BrClN2O3. The minimum atomic E-state index is -0.595. The maximum atomic E-state index is 13.1. The Kier molecular flexibility index (Phi) is 9.38. The van der Waals surface area contributed by atoms with E-state index in [2.05, 4.69) is 21.2 Å². The van der Waals surface area contributed by atoms with E-state index in [0.29, 0.717) is 30.3 Å². The summed E-state index contributed by atoms with van der Waals surface area (Å²) >= 11 is 9.34. The van der Waals surface area contributed by atoms with Gasteiger partial charge >= 0.3 is 0 Å². The quantitative estimate of drug-likeness (QED) is 0.448. The van der Waals surface area contributed by atoms with E-state index in [4.69, 9.17) is 16.3 Å². The molecule has 0 radical (unpaired) electrons. The lowest BCUT2D eigenvalue weighted by molar-refractivity contribution is -0.141. The molecule has 0 aromatic heterocycles. The third-order valence-electron chi connectivity index (χ3n) is 4.52. The summed E-state index contributed by atoms with van der Waals surface area (Å²) in [6, 6.07) is 14.3. The Morgan fingerprint density at radius 1 is 1.16 bits per heavy atom. The van der Waals surface area contributed by atoms with Gasteiger partial charge in [0.15, 0.2) is 0 Å². The van der Waals surface area contributed by atoms with E-state index in [-0.39, 0.29) is 23.8 Å². The number of nitrogens with one attached hydrogen (secondary N) is 1. The molecule has 1 atom stereocenters. The molecule has 2 aromatic carbocycles. The van der Waals surface area contributed by atoms with E-state index >= 15 is 0 Å². The first kappa shape index (κ1) is 25.2. The number of halogens is 2. The van der Waals surface area contributed by atoms with Crippen molar-refractivity contribution in [1.82, 2.24) is 10.2 Å². The van der Waals surface area contributed by atoms with Crippen LogP contribution in [0.4, 0.5) is 0 Å². The number of amides is 2. The van der Waals surface area contributed by atoms with Crippen molar-refractivity contribution in [3.8, 4) is 5.75 Å². The van der Waals surface area contributed by atoms with Crippen LogP contribution in [0.25, 0.3) is 0 Å². The molecule has 7 heteroatoms. The second-order valence-electron chi connectivity index (χ2n) is 8.47. The van der Waals surface area contributed by atoms with Crippen LogP contribution in [0, 0.1) is 0 Å². The van der Waals surface area contributed by atoms with Gasteiger partial charge in [0.05, 0.1) is 6.61 Å². The molecular weight excluding hydrogens is 480 g/mol. The zero-order valence-electron chi connectivity index (χ0n) is 18.5. The van der Waals surface area contributed by atoms with Gasteiger partial charge in [0.2, 0.25) is 11.8 Å². The van der Waals surface area contributed by atoms with Crippen LogP contribution in [0.5, 0.6) is 5.75 Å². The summed E-state index contributed by atoms with van der Waals surface area (Å²) in [7, 11) is 0. The Labute approximate surface area is 198 Å². The molecule has 0 bridgehead atoms. The zero-order valence-corrected chi connectivity index (χ0v) is 20.8. The van der Waals surface area contributed by atoms with Gasteiger partial charge in [-0.05, 0) is 76.1 Å². The van der Waals surface area contributed by atoms with Gasteiger partial charge in [-0.15, -0.1) is 0 Å². The Morgan fingerprint density at radius 3 is 2.45 bits per heavy atom. The van der Waals surface area contributed by atoms with Crippen molar-refractivity contribution in [2.75, 3.05) is 6.61 Å². The van der Waals surface area contributed by atoms with Gasteiger partial charge in [-0.3, -0.25) is 9.59 Å². The highest BCUT2D eigenvalue weighted by Crippen LogP contribution is 2.18. The van der Waals surface area contributed by atoms with E-state index in [1.54, 1.807) is 36.1 Å². The second-order valence-corrected chi connectivity index (χ2v) is 9.82. The number of hydrogen-bond acceptors (Lipinski definition) is 3. The van der Waals surface area contributed by atoms with E-state index < -0.39 is 6.04 Å². The Morgan fingerprint density at radius 2 is 1.84 bits per heavy atom. The number of hydrogen-bond donors (Lipinski definition) is 1. The molecule has 5 nitrogen and oxygen atoms in total. The first-order valence-corrected chi connectivity index (χ1v) is 11.5. The van der Waals surface area contributed by atoms with Crippen LogP contribution in [0.1, 0.15) is 46.1 Å². The minimum Gasteiger partial charge on any atom is -0.494 e. The van der Waals surface area contributed by atoms with Gasteiger partial charge in [0.25, 0.3) is 0 Å². The summed E-state index contributed by atoms with van der Waals surface area (Å²) < 4.78 is 6.62. The third-order valence-corrected chi connectivity index (χ3v) is 5.27. The fraction of sp³-hybridized carbons (Fsp3) is 0.417. The normalized spacial score (nSPS) is 12.2. The van der Waals surface area contributed by atoms with Crippen molar-refractivity contribution in [3.63, 3.8) is 0 Å². The summed E-state index contributed by atoms with van der Waals surface area (Å²) in [6.07, 6.45) is 0.832. The highest BCUT2D eigenvalue weighted by atomic mass is 79.9. The number of carbonyl (C=O) groups excluding carboxylic acids is 2. The summed E-state index contributed by atoms with van der Waals surface area (Å²) in [4.78, 5) is 27.4. The van der Waals surface area contributed by atoms with E-state index in [9.17, 15) is 9.59 Å². The maximum absolute atomic E-state index is 13.1. The van der Waals surface area contributed by atoms with Gasteiger partial charge in [0, 0.05) is 28.0 Å². The van der Waals surface area contributed by atoms with Crippen LogP contribution in [-0.2, 0) is 16.1 Å². The second kappa shape index (κ2) is 11.5. The van der Waals surface area contributed by atoms with E-state index in [1.165, 1.54) is 0 Å². The first-order chi connectivity index (χ1) is 14.5. The third kappa shape index (κ3) is 8.91. The van der Waals surface area contributed by atoms with Crippen LogP contribution in [0.2, 0.25) is 5.02 Å². The van der Waals surface area contributed by atoms with Gasteiger partial charge in [-0.2, -0.15) is 0 Å². The maximum Gasteiger partial charge on any atom is 0.242 e. The molecule has 31 heavy (non-hydrogen) atoms. The predicted octanol–water partition coefficient (Wildman–Crippen LogP) is 5.59. The van der Waals surface area contributed by atoms with Crippen molar-refractivity contribution in [1.29, 1.82) is 0 Å². The van der Waals surface area contributed by atoms with Gasteiger partial charge < -0.3 is 15.0 Å². The lowest BCUT2D eigenvalue weighted by Crippen LogP contribution is -2.52. The average molecular weight is 510 g/mol. The Hall–Kier alpha value is -2.05. The van der Waals surface area contributed by atoms with Crippen molar-refractivity contribution in [3.05, 3.63) is 63.6 Å². The Balaban J connectivity index is 2.02. The molecule has 0 saturated heterocycles. The smallest absolute Gasteiger partial charge is 0.242 e. The largest absolute Gasteiger partial charge is 0.494 e. The number of benzene rings is 2. The standard InChI is InChI=1S/C24H30BrClN2O3/c1-17(23(30)27-24(2,3)4)28(16-18-7-5-8-19(25)15-18)22(29)9-6-14-31-21-12-10-20(26)11-13-21/h5,7-8,10-13,15,17H,6,9,14,16H2,1-4H3,(H,27,30). The number of carbonyl (C=O) groups is 2. The van der Waals surface area contributed by atoms with Crippen LogP contribution < -0.4 is 10.1 Å². The van der Waals surface area contributed by atoms with Gasteiger partial charge in [-0.1, -0.05) is 39.7 Å². The van der Waals surface area contributed by atoms with E-state index in [0.717, 1.165) is 10.0 Å². The molecule has 2 aromatic rings. The molecule has 0 heterocycles. The molecule has 0 saturated carbocycles. The Bertz CT molecular complexity index is 881. The molecule has 1 N–H and O–H groups in total. The zero-order chi connectivity index (χ0) is 23.0. The molecule has 0 aliphatic rings. The molecule has 0 fully saturated rings. The topological polar surface area (TPSA) is 58.6 Å². The monoisotopic (exact) mass is 508 g/mol. The lowest BCUT2D eigenvalue weighted by atomic mass is 10.1. The molecule has 0 aliphatic heterocycles. The number of rotatable bonds is 9. The first-order valence-electron chi connectivity index (χ1n) is 10.3. The summed E-state index contributed by atoms with van der Waals surface area (Å²) in [6.45, 7) is 8.29. The minimum absolute atomic E-state index is 0.0868. The lowest BCUT2D eigenvalue weighted by Gasteiger charge is -2.31. The number of ether oxygens (including phenoxy) is 1. The fourth-order valence-corrected chi connectivity index (χ4v) is 3.55. The summed E-state index contributed by atoms with van der Waals surface area (Å²) in [5, 5.41) is 3.61. The van der Waals surface area contributed by atoms with Gasteiger partial charge in [0.1, 0.15) is 11.8 Å². The van der Waals surface area contributed by atoms with Crippen LogP contribution >= 0.6 is 27.5 Å². The van der Waals surface area contributed by atoms with Crippen LogP contribution in [0.15, 0.2) is 53.0 Å². The highest BCUT2D eigenvalue weighted by Gasteiger charge is 2.28. The summed E-state index contributed by atoms with van der Waals surface area (Å²) in [5.74, 6) is 0.449. The van der Waals surface area contributed by atoms with Crippen LogP contribution in [0.3, 0.4) is 0 Å².